The number of rotatable bonds is 4. The van der Waals surface area contributed by atoms with Crippen molar-refractivity contribution >= 4 is 5.97 Å². The molecule has 1 aliphatic rings. The van der Waals surface area contributed by atoms with Crippen LogP contribution in [0.5, 0.6) is 5.75 Å². The van der Waals surface area contributed by atoms with Crippen LogP contribution < -0.4 is 9.84 Å². The molecule has 0 spiro atoms. The average molecular weight is 349 g/mol. The Bertz CT molecular complexity index is 763. The van der Waals surface area contributed by atoms with Gasteiger partial charge in [0.25, 0.3) is 0 Å². The van der Waals surface area contributed by atoms with Crippen LogP contribution in [0.25, 0.3) is 0 Å². The lowest BCUT2D eigenvalue weighted by molar-refractivity contribution is -0.255. The Balaban J connectivity index is 2.08. The predicted molar refractivity (Wildman–Crippen MR) is 83.0 cm³/mol. The molecular weight excluding hydrogens is 333 g/mol. The van der Waals surface area contributed by atoms with Crippen molar-refractivity contribution in [1.29, 1.82) is 0 Å². The zero-order valence-electron chi connectivity index (χ0n) is 13.3. The maximum atomic E-state index is 13.3. The lowest BCUT2D eigenvalue weighted by Crippen LogP contribution is -2.31. The van der Waals surface area contributed by atoms with E-state index in [1.807, 2.05) is 18.2 Å². The first-order chi connectivity index (χ1) is 11.8. The molecule has 0 amide bonds. The Hall–Kier alpha value is -2.50. The van der Waals surface area contributed by atoms with Crippen molar-refractivity contribution in [2.45, 2.75) is 37.5 Å². The van der Waals surface area contributed by atoms with E-state index in [2.05, 4.69) is 0 Å². The quantitative estimate of drug-likeness (QED) is 0.841. The van der Waals surface area contributed by atoms with Gasteiger partial charge in [-0.2, -0.15) is 13.2 Å². The van der Waals surface area contributed by atoms with Crippen LogP contribution in [-0.2, 0) is 11.8 Å². The molecule has 1 saturated carbocycles. The van der Waals surface area contributed by atoms with E-state index in [9.17, 15) is 23.1 Å². The maximum Gasteiger partial charge on any atom is 0.419 e. The molecule has 0 aliphatic heterocycles. The van der Waals surface area contributed by atoms with Crippen LogP contribution in [0.4, 0.5) is 13.2 Å². The molecule has 6 heteroatoms. The van der Waals surface area contributed by atoms with Crippen molar-refractivity contribution in [3.8, 4) is 5.75 Å². The number of benzene rings is 2. The topological polar surface area (TPSA) is 49.4 Å². The SMILES string of the molecule is O=C([O-])c1ccc(C(F)(F)F)c(OC2(c3ccccc3)CCCC2)c1. The van der Waals surface area contributed by atoms with Crippen LogP contribution in [0.2, 0.25) is 0 Å². The fourth-order valence-electron chi connectivity index (χ4n) is 3.32. The summed E-state index contributed by atoms with van der Waals surface area (Å²) < 4.78 is 45.9. The molecule has 132 valence electrons. The summed E-state index contributed by atoms with van der Waals surface area (Å²) in [6.45, 7) is 0. The van der Waals surface area contributed by atoms with Gasteiger partial charge in [-0.25, -0.2) is 0 Å². The highest BCUT2D eigenvalue weighted by molar-refractivity contribution is 5.86. The first kappa shape index (κ1) is 17.3. The average Bonchev–Trinajstić information content (AvgIpc) is 3.04. The predicted octanol–water partition coefficient (Wildman–Crippen LogP) is 3.92. The smallest absolute Gasteiger partial charge is 0.419 e. The molecule has 0 N–H and O–H groups in total. The normalized spacial score (nSPS) is 16.6. The zero-order valence-corrected chi connectivity index (χ0v) is 13.3. The lowest BCUT2D eigenvalue weighted by Gasteiger charge is -2.32. The number of alkyl halides is 3. The summed E-state index contributed by atoms with van der Waals surface area (Å²) in [6.07, 6.45) is -1.84. The number of halogens is 3. The Kier molecular flexibility index (Phi) is 4.45. The van der Waals surface area contributed by atoms with E-state index in [-0.39, 0.29) is 5.56 Å². The lowest BCUT2D eigenvalue weighted by atomic mass is 9.91. The molecule has 25 heavy (non-hydrogen) atoms. The van der Waals surface area contributed by atoms with Gasteiger partial charge in [-0.05, 0) is 43.4 Å². The Morgan fingerprint density at radius 2 is 1.68 bits per heavy atom. The molecule has 0 aromatic heterocycles. The van der Waals surface area contributed by atoms with Gasteiger partial charge in [0.2, 0.25) is 0 Å². The van der Waals surface area contributed by atoms with E-state index < -0.39 is 29.1 Å². The Morgan fingerprint density at radius 3 is 2.24 bits per heavy atom. The third-order valence-corrected chi connectivity index (χ3v) is 4.54. The number of hydrogen-bond donors (Lipinski definition) is 0. The van der Waals surface area contributed by atoms with Gasteiger partial charge in [-0.3, -0.25) is 0 Å². The minimum Gasteiger partial charge on any atom is -0.545 e. The molecule has 3 rings (SSSR count). The molecule has 2 aromatic carbocycles. The van der Waals surface area contributed by atoms with E-state index >= 15 is 0 Å². The van der Waals surface area contributed by atoms with E-state index in [1.165, 1.54) is 0 Å². The first-order valence-corrected chi connectivity index (χ1v) is 7.99. The largest absolute Gasteiger partial charge is 0.545 e. The summed E-state index contributed by atoms with van der Waals surface area (Å²) >= 11 is 0. The van der Waals surface area contributed by atoms with E-state index in [0.29, 0.717) is 12.8 Å². The van der Waals surface area contributed by atoms with E-state index in [0.717, 1.165) is 36.6 Å². The van der Waals surface area contributed by atoms with Crippen LogP contribution in [0.3, 0.4) is 0 Å². The van der Waals surface area contributed by atoms with Crippen molar-refractivity contribution < 1.29 is 27.8 Å². The van der Waals surface area contributed by atoms with Crippen LogP contribution in [0.15, 0.2) is 48.5 Å². The number of carboxylic acids is 1. The summed E-state index contributed by atoms with van der Waals surface area (Å²) in [5.41, 5.74) is -1.42. The maximum absolute atomic E-state index is 13.3. The Morgan fingerprint density at radius 1 is 1.04 bits per heavy atom. The summed E-state index contributed by atoms with van der Waals surface area (Å²) in [4.78, 5) is 11.1. The van der Waals surface area contributed by atoms with Crippen molar-refractivity contribution in [3.05, 3.63) is 65.2 Å². The Labute approximate surface area is 143 Å². The van der Waals surface area contributed by atoms with Crippen LogP contribution in [0, 0.1) is 0 Å². The molecule has 3 nitrogen and oxygen atoms in total. The molecular formula is C19H16F3O3-. The highest BCUT2D eigenvalue weighted by Crippen LogP contribution is 2.46. The summed E-state index contributed by atoms with van der Waals surface area (Å²) in [7, 11) is 0. The highest BCUT2D eigenvalue weighted by Gasteiger charge is 2.41. The number of ether oxygens (including phenoxy) is 1. The zero-order chi connectivity index (χ0) is 18.1. The standard InChI is InChI=1S/C19H17F3O3/c20-19(21,22)15-9-8-13(17(23)24)12-16(15)25-18(10-4-5-11-18)14-6-2-1-3-7-14/h1-3,6-9,12H,4-5,10-11H2,(H,23,24)/p-1. The summed E-state index contributed by atoms with van der Waals surface area (Å²) in [5.74, 6) is -2.02. The van der Waals surface area contributed by atoms with Crippen molar-refractivity contribution in [3.63, 3.8) is 0 Å². The minimum atomic E-state index is -4.64. The number of carbonyl (C=O) groups excluding carboxylic acids is 1. The monoisotopic (exact) mass is 349 g/mol. The van der Waals surface area contributed by atoms with Crippen molar-refractivity contribution in [2.24, 2.45) is 0 Å². The van der Waals surface area contributed by atoms with Gasteiger partial charge in [0, 0.05) is 5.56 Å². The number of hydrogen-bond acceptors (Lipinski definition) is 3. The van der Waals surface area contributed by atoms with Gasteiger partial charge < -0.3 is 14.6 Å². The number of carbonyl (C=O) groups is 1. The van der Waals surface area contributed by atoms with Gasteiger partial charge in [0.1, 0.15) is 11.4 Å². The van der Waals surface area contributed by atoms with E-state index in [4.69, 9.17) is 4.74 Å². The summed E-state index contributed by atoms with van der Waals surface area (Å²) in [6, 6.07) is 11.6. The fraction of sp³-hybridized carbons (Fsp3) is 0.316. The van der Waals surface area contributed by atoms with E-state index in [1.54, 1.807) is 12.1 Å². The molecule has 0 unspecified atom stereocenters. The molecule has 0 saturated heterocycles. The van der Waals surface area contributed by atoms with Crippen LogP contribution in [-0.4, -0.2) is 5.97 Å². The van der Waals surface area contributed by atoms with Gasteiger partial charge in [0.15, 0.2) is 0 Å². The number of aromatic carboxylic acids is 1. The molecule has 1 fully saturated rings. The molecule has 0 atom stereocenters. The van der Waals surface area contributed by atoms with Gasteiger partial charge >= 0.3 is 6.18 Å². The van der Waals surface area contributed by atoms with Crippen LogP contribution in [0.1, 0.15) is 47.2 Å². The third kappa shape index (κ3) is 3.48. The molecule has 0 bridgehead atoms. The first-order valence-electron chi connectivity index (χ1n) is 7.99. The molecule has 1 aliphatic carbocycles. The van der Waals surface area contributed by atoms with Gasteiger partial charge in [-0.1, -0.05) is 36.4 Å². The second kappa shape index (κ2) is 6.43. The van der Waals surface area contributed by atoms with Crippen molar-refractivity contribution in [1.82, 2.24) is 0 Å². The highest BCUT2D eigenvalue weighted by atomic mass is 19.4. The minimum absolute atomic E-state index is 0.343. The van der Waals surface area contributed by atoms with Gasteiger partial charge in [-0.15, -0.1) is 0 Å². The third-order valence-electron chi connectivity index (χ3n) is 4.54. The molecule has 2 aromatic rings. The second-order valence-corrected chi connectivity index (χ2v) is 6.17. The molecule has 0 radical (unpaired) electrons. The number of carboxylic acid groups (broad SMARTS) is 1. The second-order valence-electron chi connectivity index (χ2n) is 6.17. The molecule has 0 heterocycles. The summed E-state index contributed by atoms with van der Waals surface area (Å²) in [5, 5.41) is 11.1. The fourth-order valence-corrected chi connectivity index (χ4v) is 3.32. The van der Waals surface area contributed by atoms with Crippen molar-refractivity contribution in [2.75, 3.05) is 0 Å². The van der Waals surface area contributed by atoms with Gasteiger partial charge in [0.05, 0.1) is 11.5 Å². The van der Waals surface area contributed by atoms with Crippen LogP contribution >= 0.6 is 0 Å².